The average molecular weight is 389 g/mol. The maximum Gasteiger partial charge on any atom is 0.214 e. The summed E-state index contributed by atoms with van der Waals surface area (Å²) in [6, 6.07) is 6.49. The van der Waals surface area contributed by atoms with Gasteiger partial charge in [0.1, 0.15) is 5.82 Å². The summed E-state index contributed by atoms with van der Waals surface area (Å²) in [7, 11) is -1.35. The monoisotopic (exact) mass is 388 g/mol. The first-order chi connectivity index (χ1) is 12.0. The first-order valence-corrected chi connectivity index (χ1v) is 10.9. The summed E-state index contributed by atoms with van der Waals surface area (Å²) in [6.45, 7) is 2.36. The number of sulfonamides is 1. The van der Waals surface area contributed by atoms with E-state index in [0.29, 0.717) is 32.0 Å². The molecule has 1 saturated heterocycles. The second kappa shape index (κ2) is 9.98. The molecule has 0 spiro atoms. The van der Waals surface area contributed by atoms with Gasteiger partial charge >= 0.3 is 0 Å². The quantitative estimate of drug-likeness (QED) is 0.306. The van der Waals surface area contributed by atoms with Crippen LogP contribution < -0.4 is 10.6 Å². The predicted molar refractivity (Wildman–Crippen MR) is 101 cm³/mol. The molecule has 1 heterocycles. The zero-order chi connectivity index (χ0) is 18.1. The maximum absolute atomic E-state index is 12.8. The summed E-state index contributed by atoms with van der Waals surface area (Å²) in [5.74, 6) is 1.62. The Morgan fingerprint density at radius 3 is 2.64 bits per heavy atom. The Labute approximate surface area is 153 Å². The van der Waals surface area contributed by atoms with E-state index in [4.69, 9.17) is 0 Å². The first-order valence-electron chi connectivity index (χ1n) is 8.32. The van der Waals surface area contributed by atoms with Gasteiger partial charge in [-0.1, -0.05) is 0 Å². The number of hydrogen-bond donors (Lipinski definition) is 2. The van der Waals surface area contributed by atoms with Crippen LogP contribution in [0.3, 0.4) is 0 Å². The van der Waals surface area contributed by atoms with Crippen LogP contribution in [0.15, 0.2) is 34.2 Å². The van der Waals surface area contributed by atoms with Crippen molar-refractivity contribution in [3.05, 3.63) is 30.1 Å². The number of hydrogen-bond acceptors (Lipinski definition) is 4. The number of thioether (sulfide) groups is 1. The van der Waals surface area contributed by atoms with Crippen molar-refractivity contribution in [1.82, 2.24) is 14.9 Å². The highest BCUT2D eigenvalue weighted by Gasteiger charge is 2.27. The second-order valence-corrected chi connectivity index (χ2v) is 8.91. The molecule has 0 unspecified atom stereocenters. The molecule has 0 aromatic heterocycles. The maximum atomic E-state index is 12.8. The van der Waals surface area contributed by atoms with Crippen molar-refractivity contribution in [3.63, 3.8) is 0 Å². The number of aliphatic imine (C=N–C) groups is 1. The molecular weight excluding hydrogens is 363 g/mol. The van der Waals surface area contributed by atoms with E-state index in [9.17, 15) is 12.8 Å². The van der Waals surface area contributed by atoms with E-state index in [-0.39, 0.29) is 11.6 Å². The zero-order valence-corrected chi connectivity index (χ0v) is 16.0. The van der Waals surface area contributed by atoms with Gasteiger partial charge in [-0.15, -0.1) is 11.8 Å². The molecular formula is C16H25FN4O2S2. The molecule has 0 saturated carbocycles. The van der Waals surface area contributed by atoms with E-state index in [1.165, 1.54) is 16.4 Å². The molecule has 0 aliphatic carbocycles. The minimum absolute atomic E-state index is 0.220. The lowest BCUT2D eigenvalue weighted by Crippen LogP contribution is -2.42. The summed E-state index contributed by atoms with van der Waals surface area (Å²) in [6.07, 6.45) is 1.64. The fraction of sp³-hybridized carbons (Fsp3) is 0.562. The van der Waals surface area contributed by atoms with E-state index in [1.807, 2.05) is 0 Å². The Bertz CT molecular complexity index is 665. The van der Waals surface area contributed by atoms with E-state index in [1.54, 1.807) is 30.9 Å². The highest BCUT2D eigenvalue weighted by atomic mass is 32.2. The van der Waals surface area contributed by atoms with Crippen LogP contribution in [0.1, 0.15) is 12.8 Å². The van der Waals surface area contributed by atoms with E-state index < -0.39 is 10.0 Å². The average Bonchev–Trinajstić information content (AvgIpc) is 2.93. The van der Waals surface area contributed by atoms with Crippen LogP contribution in [0.4, 0.5) is 4.39 Å². The molecule has 1 fully saturated rings. The fourth-order valence-electron chi connectivity index (χ4n) is 2.46. The molecule has 1 aliphatic rings. The Hall–Kier alpha value is -1.32. The van der Waals surface area contributed by atoms with Gasteiger partial charge in [-0.25, -0.2) is 17.1 Å². The molecule has 0 radical (unpaired) electrons. The van der Waals surface area contributed by atoms with Crippen molar-refractivity contribution in [2.24, 2.45) is 4.99 Å². The fourth-order valence-corrected chi connectivity index (χ4v) is 4.84. The summed E-state index contributed by atoms with van der Waals surface area (Å²) < 4.78 is 37.8. The normalized spacial score (nSPS) is 17.6. The number of guanidine groups is 1. The van der Waals surface area contributed by atoms with E-state index >= 15 is 0 Å². The highest BCUT2D eigenvalue weighted by Crippen LogP contribution is 2.18. The van der Waals surface area contributed by atoms with Crippen molar-refractivity contribution in [2.45, 2.75) is 17.7 Å². The lowest BCUT2D eigenvalue weighted by atomic mass is 10.4. The standard InChI is InChI=1S/C16H25FN4O2S2/c1-18-16(20-9-11-21-10-3-13-25(21,22)23)19-8-2-12-24-15-6-4-14(17)5-7-15/h4-7H,2-3,8-13H2,1H3,(H2,18,19,20). The Morgan fingerprint density at radius 1 is 1.28 bits per heavy atom. The van der Waals surface area contributed by atoms with Crippen molar-refractivity contribution in [2.75, 3.05) is 44.7 Å². The number of benzene rings is 1. The molecule has 0 bridgehead atoms. The van der Waals surface area contributed by atoms with Crippen LogP contribution in [0.2, 0.25) is 0 Å². The number of rotatable bonds is 8. The van der Waals surface area contributed by atoms with Gasteiger partial charge in [0, 0.05) is 38.1 Å². The topological polar surface area (TPSA) is 73.8 Å². The van der Waals surface area contributed by atoms with Crippen molar-refractivity contribution in [3.8, 4) is 0 Å². The first kappa shape index (κ1) is 20.0. The summed E-state index contributed by atoms with van der Waals surface area (Å²) >= 11 is 1.68. The number of nitrogens with zero attached hydrogens (tertiary/aromatic N) is 2. The third kappa shape index (κ3) is 6.83. The molecule has 140 valence electrons. The molecule has 25 heavy (non-hydrogen) atoms. The molecule has 2 rings (SSSR count). The minimum atomic E-state index is -3.04. The summed E-state index contributed by atoms with van der Waals surface area (Å²) in [5.41, 5.74) is 0. The molecule has 0 amide bonds. The van der Waals surface area contributed by atoms with Crippen LogP contribution in [-0.2, 0) is 10.0 Å². The van der Waals surface area contributed by atoms with Gasteiger partial charge in [-0.05, 0) is 42.9 Å². The van der Waals surface area contributed by atoms with Gasteiger partial charge in [-0.2, -0.15) is 0 Å². The Balaban J connectivity index is 1.58. The van der Waals surface area contributed by atoms with Crippen molar-refractivity contribution in [1.29, 1.82) is 0 Å². The summed E-state index contributed by atoms with van der Waals surface area (Å²) in [4.78, 5) is 5.18. The van der Waals surface area contributed by atoms with Crippen LogP contribution >= 0.6 is 11.8 Å². The van der Waals surface area contributed by atoms with Crippen LogP contribution in [0.25, 0.3) is 0 Å². The van der Waals surface area contributed by atoms with Crippen molar-refractivity contribution < 1.29 is 12.8 Å². The van der Waals surface area contributed by atoms with Gasteiger partial charge in [0.2, 0.25) is 10.0 Å². The van der Waals surface area contributed by atoms with Crippen LogP contribution in [0.5, 0.6) is 0 Å². The molecule has 1 aliphatic heterocycles. The molecule has 2 N–H and O–H groups in total. The van der Waals surface area contributed by atoms with Gasteiger partial charge < -0.3 is 10.6 Å². The van der Waals surface area contributed by atoms with Gasteiger partial charge in [0.25, 0.3) is 0 Å². The molecule has 1 aromatic rings. The highest BCUT2D eigenvalue weighted by molar-refractivity contribution is 7.99. The molecule has 0 atom stereocenters. The van der Waals surface area contributed by atoms with Gasteiger partial charge in [0.15, 0.2) is 5.96 Å². The number of nitrogens with one attached hydrogen (secondary N) is 2. The zero-order valence-electron chi connectivity index (χ0n) is 14.4. The minimum Gasteiger partial charge on any atom is -0.356 e. The molecule has 6 nitrogen and oxygen atoms in total. The molecule has 1 aromatic carbocycles. The largest absolute Gasteiger partial charge is 0.356 e. The lowest BCUT2D eigenvalue weighted by molar-refractivity contribution is 0.445. The summed E-state index contributed by atoms with van der Waals surface area (Å²) in [5, 5.41) is 6.34. The Morgan fingerprint density at radius 2 is 2.00 bits per heavy atom. The van der Waals surface area contributed by atoms with E-state index in [0.717, 1.165) is 23.6 Å². The third-order valence-electron chi connectivity index (χ3n) is 3.78. The third-order valence-corrected chi connectivity index (χ3v) is 6.83. The SMILES string of the molecule is CN=C(NCCCSc1ccc(F)cc1)NCCN1CCCS1(=O)=O. The van der Waals surface area contributed by atoms with Gasteiger partial charge in [0.05, 0.1) is 5.75 Å². The van der Waals surface area contributed by atoms with Crippen molar-refractivity contribution >= 4 is 27.7 Å². The van der Waals surface area contributed by atoms with Gasteiger partial charge in [-0.3, -0.25) is 4.99 Å². The van der Waals surface area contributed by atoms with Crippen LogP contribution in [-0.4, -0.2) is 63.4 Å². The Kier molecular flexibility index (Phi) is 7.98. The van der Waals surface area contributed by atoms with E-state index in [2.05, 4.69) is 15.6 Å². The molecule has 9 heteroatoms. The van der Waals surface area contributed by atoms with Crippen LogP contribution in [0, 0.1) is 5.82 Å². The lowest BCUT2D eigenvalue weighted by Gasteiger charge is -2.16. The smallest absolute Gasteiger partial charge is 0.214 e. The second-order valence-electron chi connectivity index (χ2n) is 5.65. The predicted octanol–water partition coefficient (Wildman–Crippen LogP) is 1.51. The number of halogens is 1.